The zero-order valence-electron chi connectivity index (χ0n) is 15.1. The molecule has 0 radical (unpaired) electrons. The summed E-state index contributed by atoms with van der Waals surface area (Å²) in [6.45, 7) is 6.02. The van der Waals surface area contributed by atoms with Crippen molar-refractivity contribution in [3.63, 3.8) is 0 Å². The fourth-order valence-corrected chi connectivity index (χ4v) is 2.71. The Bertz CT molecular complexity index is 349. The van der Waals surface area contributed by atoms with Crippen LogP contribution < -0.4 is 0 Å². The quantitative estimate of drug-likeness (QED) is 0.186. The van der Waals surface area contributed by atoms with Gasteiger partial charge in [-0.3, -0.25) is 4.89 Å². The van der Waals surface area contributed by atoms with Gasteiger partial charge in [-0.1, -0.05) is 51.5 Å². The fraction of sp³-hybridized carbons (Fsp3) is 0.842. The zero-order valence-corrected chi connectivity index (χ0v) is 15.1. The Labute approximate surface area is 141 Å². The van der Waals surface area contributed by atoms with Crippen LogP contribution in [-0.2, 0) is 14.5 Å². The number of hydrogen-bond donors (Lipinski definition) is 0. The Morgan fingerprint density at radius 3 is 2.65 bits per heavy atom. The maximum absolute atomic E-state index is 11.8. The average molecular weight is 326 g/mol. The van der Waals surface area contributed by atoms with Crippen molar-refractivity contribution in [2.45, 2.75) is 103 Å². The summed E-state index contributed by atoms with van der Waals surface area (Å²) >= 11 is 0. The number of unbranched alkanes of at least 4 members (excludes halogenated alkanes) is 2. The molecule has 0 aliphatic heterocycles. The number of hydrogen-bond acceptors (Lipinski definition) is 4. The first-order valence-corrected chi connectivity index (χ1v) is 9.26. The van der Waals surface area contributed by atoms with Crippen molar-refractivity contribution in [2.24, 2.45) is 0 Å². The van der Waals surface area contributed by atoms with Crippen LogP contribution >= 0.6 is 0 Å². The van der Waals surface area contributed by atoms with Crippen molar-refractivity contribution in [3.8, 4) is 0 Å². The second-order valence-corrected chi connectivity index (χ2v) is 7.06. The Kier molecular flexibility index (Phi) is 10.0. The van der Waals surface area contributed by atoms with E-state index < -0.39 is 11.8 Å². The highest BCUT2D eigenvalue weighted by Gasteiger charge is 2.23. The van der Waals surface area contributed by atoms with E-state index in [9.17, 15) is 4.79 Å². The lowest BCUT2D eigenvalue weighted by Crippen LogP contribution is -2.27. The van der Waals surface area contributed by atoms with Gasteiger partial charge < -0.3 is 4.74 Å². The summed E-state index contributed by atoms with van der Waals surface area (Å²) < 4.78 is 5.37. The van der Waals surface area contributed by atoms with E-state index >= 15 is 0 Å². The largest absolute Gasteiger partial charge is 0.541 e. The molecular weight excluding hydrogens is 292 g/mol. The van der Waals surface area contributed by atoms with Crippen LogP contribution in [0.1, 0.15) is 91.4 Å². The molecule has 4 heteroatoms. The first kappa shape index (κ1) is 20.0. The molecule has 0 N–H and O–H groups in total. The lowest BCUT2D eigenvalue weighted by molar-refractivity contribution is -0.320. The number of ether oxygens (including phenoxy) is 1. The Balaban J connectivity index is 2.32. The molecule has 0 heterocycles. The van der Waals surface area contributed by atoms with Crippen LogP contribution in [0.4, 0.5) is 4.79 Å². The Morgan fingerprint density at radius 2 is 1.87 bits per heavy atom. The third-order valence-corrected chi connectivity index (χ3v) is 4.18. The molecule has 0 saturated heterocycles. The van der Waals surface area contributed by atoms with Gasteiger partial charge in [0.1, 0.15) is 11.7 Å². The lowest BCUT2D eigenvalue weighted by atomic mass is 10.0. The van der Waals surface area contributed by atoms with Crippen LogP contribution in [0.2, 0.25) is 0 Å². The summed E-state index contributed by atoms with van der Waals surface area (Å²) in [6, 6.07) is 0. The van der Waals surface area contributed by atoms with Gasteiger partial charge in [0, 0.05) is 0 Å². The van der Waals surface area contributed by atoms with E-state index in [-0.39, 0.29) is 6.10 Å². The standard InChI is InChI=1S/C19H34O4/c1-4-5-13-16-19(2,3)23-22-18(20)21-17-14-11-9-7-6-8-10-12-15-17/h11,14,17H,4-10,12-13,15-16H2,1-3H3/b14-11+. The van der Waals surface area contributed by atoms with Gasteiger partial charge in [0.15, 0.2) is 0 Å². The number of allylic oxidation sites excluding steroid dienone is 1. The molecular formula is C19H34O4. The minimum Gasteiger partial charge on any atom is -0.425 e. The summed E-state index contributed by atoms with van der Waals surface area (Å²) in [7, 11) is 0. The van der Waals surface area contributed by atoms with Crippen LogP contribution in [-0.4, -0.2) is 17.9 Å². The molecule has 0 spiro atoms. The maximum Gasteiger partial charge on any atom is 0.541 e. The lowest BCUT2D eigenvalue weighted by Gasteiger charge is -2.23. The van der Waals surface area contributed by atoms with Crippen molar-refractivity contribution in [2.75, 3.05) is 0 Å². The third-order valence-electron chi connectivity index (χ3n) is 4.18. The van der Waals surface area contributed by atoms with Crippen molar-refractivity contribution < 1.29 is 19.3 Å². The molecule has 1 unspecified atom stereocenters. The minimum atomic E-state index is -0.736. The predicted octanol–water partition coefficient (Wildman–Crippen LogP) is 6.10. The van der Waals surface area contributed by atoms with E-state index in [4.69, 9.17) is 14.5 Å². The minimum absolute atomic E-state index is 0.201. The predicted molar refractivity (Wildman–Crippen MR) is 92.1 cm³/mol. The molecule has 1 rings (SSSR count). The van der Waals surface area contributed by atoms with Crippen molar-refractivity contribution in [1.82, 2.24) is 0 Å². The second-order valence-electron chi connectivity index (χ2n) is 7.06. The van der Waals surface area contributed by atoms with E-state index in [0.717, 1.165) is 44.9 Å². The molecule has 0 amide bonds. The van der Waals surface area contributed by atoms with E-state index in [1.54, 1.807) is 0 Å². The van der Waals surface area contributed by atoms with Gasteiger partial charge in [-0.15, -0.1) is 0 Å². The zero-order chi connectivity index (χ0) is 17.0. The van der Waals surface area contributed by atoms with Crippen LogP contribution in [0.3, 0.4) is 0 Å². The Morgan fingerprint density at radius 1 is 1.13 bits per heavy atom. The third kappa shape index (κ3) is 10.4. The molecule has 23 heavy (non-hydrogen) atoms. The molecule has 1 aliphatic carbocycles. The van der Waals surface area contributed by atoms with E-state index in [2.05, 4.69) is 13.0 Å². The molecule has 0 aromatic carbocycles. The van der Waals surface area contributed by atoms with E-state index in [0.29, 0.717) is 0 Å². The van der Waals surface area contributed by atoms with Crippen LogP contribution in [0.15, 0.2) is 12.2 Å². The summed E-state index contributed by atoms with van der Waals surface area (Å²) in [5, 5.41) is 0. The number of carbonyl (C=O) groups excluding carboxylic acids is 1. The van der Waals surface area contributed by atoms with Crippen LogP contribution in [0.25, 0.3) is 0 Å². The van der Waals surface area contributed by atoms with Crippen molar-refractivity contribution in [3.05, 3.63) is 12.2 Å². The molecule has 134 valence electrons. The van der Waals surface area contributed by atoms with E-state index in [1.807, 2.05) is 19.9 Å². The molecule has 0 saturated carbocycles. The molecule has 1 atom stereocenters. The van der Waals surface area contributed by atoms with Gasteiger partial charge in [-0.25, -0.2) is 4.79 Å². The monoisotopic (exact) mass is 326 g/mol. The van der Waals surface area contributed by atoms with Crippen molar-refractivity contribution >= 4 is 6.16 Å². The smallest absolute Gasteiger partial charge is 0.425 e. The maximum atomic E-state index is 11.8. The summed E-state index contributed by atoms with van der Waals surface area (Å²) in [5.41, 5.74) is -0.472. The first-order valence-electron chi connectivity index (χ1n) is 9.26. The number of rotatable bonds is 7. The summed E-state index contributed by atoms with van der Waals surface area (Å²) in [5.74, 6) is 0. The molecule has 1 aliphatic rings. The molecule has 0 aromatic rings. The van der Waals surface area contributed by atoms with Gasteiger partial charge in [-0.05, 0) is 52.0 Å². The highest BCUT2D eigenvalue weighted by atomic mass is 17.2. The van der Waals surface area contributed by atoms with E-state index in [1.165, 1.54) is 25.7 Å². The second kappa shape index (κ2) is 11.5. The normalized spacial score (nSPS) is 21.4. The SMILES string of the molecule is CCCCCC(C)(C)OOC(=O)OC1/C=C/CCCCCCC1. The molecule has 0 fully saturated rings. The first-order chi connectivity index (χ1) is 11.0. The van der Waals surface area contributed by atoms with Gasteiger partial charge in [-0.2, -0.15) is 4.89 Å². The summed E-state index contributed by atoms with van der Waals surface area (Å²) in [4.78, 5) is 22.0. The van der Waals surface area contributed by atoms with Crippen LogP contribution in [0.5, 0.6) is 0 Å². The highest BCUT2D eigenvalue weighted by molar-refractivity contribution is 5.59. The van der Waals surface area contributed by atoms with Gasteiger partial charge >= 0.3 is 6.16 Å². The van der Waals surface area contributed by atoms with Crippen molar-refractivity contribution in [1.29, 1.82) is 0 Å². The molecule has 0 bridgehead atoms. The number of carbonyl (C=O) groups is 1. The topological polar surface area (TPSA) is 44.8 Å². The molecule has 0 aromatic heterocycles. The Hall–Kier alpha value is -1.03. The fourth-order valence-electron chi connectivity index (χ4n) is 2.71. The molecule has 4 nitrogen and oxygen atoms in total. The van der Waals surface area contributed by atoms with Gasteiger partial charge in [0.2, 0.25) is 0 Å². The summed E-state index contributed by atoms with van der Waals surface area (Å²) in [6.07, 6.45) is 15.3. The van der Waals surface area contributed by atoms with Gasteiger partial charge in [0.05, 0.1) is 0 Å². The average Bonchev–Trinajstić information content (AvgIpc) is 2.52. The van der Waals surface area contributed by atoms with Gasteiger partial charge in [0.25, 0.3) is 0 Å². The highest BCUT2D eigenvalue weighted by Crippen LogP contribution is 2.20. The van der Waals surface area contributed by atoms with Crippen LogP contribution in [0, 0.1) is 0 Å².